The van der Waals surface area contributed by atoms with Crippen molar-refractivity contribution in [3.63, 3.8) is 0 Å². The Hall–Kier alpha value is 0.440. The van der Waals surface area contributed by atoms with Crippen LogP contribution < -0.4 is 0 Å². The van der Waals surface area contributed by atoms with E-state index in [1.807, 2.05) is 0 Å². The van der Waals surface area contributed by atoms with Crippen LogP contribution in [0, 0.1) is 0 Å². The number of hydrogen-bond acceptors (Lipinski definition) is 1. The first-order valence-corrected chi connectivity index (χ1v) is 5.18. The molecule has 0 aromatic heterocycles. The Morgan fingerprint density at radius 1 is 1.20 bits per heavy atom. The van der Waals surface area contributed by atoms with Crippen LogP contribution in [0.2, 0.25) is 0 Å². The zero-order valence-corrected chi connectivity index (χ0v) is 8.65. The monoisotopic (exact) mass is 207 g/mol. The van der Waals surface area contributed by atoms with Crippen LogP contribution in [0.1, 0.15) is 32.6 Å². The lowest BCUT2D eigenvalue weighted by atomic mass is 10.2. The number of halogens is 1. The number of nitrogens with zero attached hydrogens (tertiary/aromatic N) is 1. The van der Waals surface area contributed by atoms with E-state index in [9.17, 15) is 0 Å². The molecule has 0 unspecified atom stereocenters. The van der Waals surface area contributed by atoms with Crippen molar-refractivity contribution in [3.05, 3.63) is 0 Å². The van der Waals surface area contributed by atoms with E-state index in [0.29, 0.717) is 0 Å². The largest absolute Gasteiger partial charge is 0.297 e. The summed E-state index contributed by atoms with van der Waals surface area (Å²) in [6.07, 6.45) is 5.44. The zero-order valence-electron chi connectivity index (χ0n) is 7.07. The molecule has 62 valence electrons. The van der Waals surface area contributed by atoms with E-state index >= 15 is 0 Å². The van der Waals surface area contributed by atoms with Crippen LogP contribution >= 0.6 is 15.9 Å². The molecule has 0 atom stereocenters. The van der Waals surface area contributed by atoms with Crippen LogP contribution in [0.5, 0.6) is 0 Å². The van der Waals surface area contributed by atoms with E-state index in [4.69, 9.17) is 0 Å². The van der Waals surface area contributed by atoms with E-state index in [2.05, 4.69) is 34.8 Å². The summed E-state index contributed by atoms with van der Waals surface area (Å²) >= 11 is 3.41. The fourth-order valence-electron chi connectivity index (χ4n) is 0.868. The molecule has 0 fully saturated rings. The van der Waals surface area contributed by atoms with Crippen LogP contribution in [0.3, 0.4) is 0 Å². The Bertz CT molecular complexity index is 66.3. The molecule has 2 heteroatoms. The fourth-order valence-corrected chi connectivity index (χ4v) is 1.12. The number of alkyl halides is 1. The summed E-state index contributed by atoms with van der Waals surface area (Å²) in [5, 5.41) is 0. The van der Waals surface area contributed by atoms with Crippen molar-refractivity contribution in [1.29, 1.82) is 0 Å². The van der Waals surface area contributed by atoms with Gasteiger partial charge in [-0.05, 0) is 20.0 Å². The third-order valence-corrected chi connectivity index (χ3v) is 2.45. The topological polar surface area (TPSA) is 3.24 Å². The second-order valence-electron chi connectivity index (χ2n) is 2.76. The lowest BCUT2D eigenvalue weighted by molar-refractivity contribution is 0.380. The summed E-state index contributed by atoms with van der Waals surface area (Å²) < 4.78 is 0. The lowest BCUT2D eigenvalue weighted by Gasteiger charge is -2.11. The zero-order chi connectivity index (χ0) is 7.82. The summed E-state index contributed by atoms with van der Waals surface area (Å²) in [4.78, 5) is 2.29. The van der Waals surface area contributed by atoms with E-state index < -0.39 is 0 Å². The normalized spacial score (nSPS) is 10.8. The highest BCUT2D eigenvalue weighted by Crippen LogP contribution is 2.00. The van der Waals surface area contributed by atoms with E-state index in [0.717, 1.165) is 5.45 Å². The minimum absolute atomic E-state index is 0.999. The maximum atomic E-state index is 3.41. The van der Waals surface area contributed by atoms with Gasteiger partial charge in [-0.2, -0.15) is 0 Å². The average Bonchev–Trinajstić information content (AvgIpc) is 1.98. The van der Waals surface area contributed by atoms with Gasteiger partial charge in [0.05, 0.1) is 5.45 Å². The molecule has 0 aliphatic rings. The first-order valence-electron chi connectivity index (χ1n) is 4.05. The summed E-state index contributed by atoms with van der Waals surface area (Å²) in [7, 11) is 2.14. The molecular weight excluding hydrogens is 190 g/mol. The first kappa shape index (κ1) is 10.4. The number of rotatable bonds is 6. The smallest absolute Gasteiger partial charge is 0.0539 e. The standard InChI is InChI=1S/C8H18BrN/c1-3-4-5-6-7-10(2)8-9/h3-8H2,1-2H3. The van der Waals surface area contributed by atoms with Crippen LogP contribution in [-0.2, 0) is 0 Å². The van der Waals surface area contributed by atoms with Gasteiger partial charge in [-0.1, -0.05) is 42.1 Å². The molecule has 0 aromatic carbocycles. The third kappa shape index (κ3) is 6.56. The molecule has 0 saturated carbocycles. The van der Waals surface area contributed by atoms with Gasteiger partial charge in [-0.15, -0.1) is 0 Å². The van der Waals surface area contributed by atoms with Gasteiger partial charge in [-0.3, -0.25) is 4.90 Å². The number of hydrogen-bond donors (Lipinski definition) is 0. The molecule has 0 N–H and O–H groups in total. The van der Waals surface area contributed by atoms with Crippen molar-refractivity contribution < 1.29 is 0 Å². The molecule has 0 radical (unpaired) electrons. The Kier molecular flexibility index (Phi) is 7.88. The van der Waals surface area contributed by atoms with Gasteiger partial charge in [0.25, 0.3) is 0 Å². The highest BCUT2D eigenvalue weighted by molar-refractivity contribution is 9.09. The summed E-state index contributed by atoms with van der Waals surface area (Å²) in [5.41, 5.74) is 0.999. The summed E-state index contributed by atoms with van der Waals surface area (Å²) in [5.74, 6) is 0. The average molecular weight is 208 g/mol. The van der Waals surface area contributed by atoms with Crippen molar-refractivity contribution in [2.75, 3.05) is 19.0 Å². The summed E-state index contributed by atoms with van der Waals surface area (Å²) in [6.45, 7) is 3.47. The van der Waals surface area contributed by atoms with Crippen LogP contribution in [-0.4, -0.2) is 23.9 Å². The van der Waals surface area contributed by atoms with Gasteiger partial charge in [0, 0.05) is 0 Å². The van der Waals surface area contributed by atoms with Crippen molar-refractivity contribution >= 4 is 15.9 Å². The second-order valence-corrected chi connectivity index (χ2v) is 3.26. The molecule has 1 nitrogen and oxygen atoms in total. The van der Waals surface area contributed by atoms with Crippen LogP contribution in [0.15, 0.2) is 0 Å². The van der Waals surface area contributed by atoms with Gasteiger partial charge in [0.1, 0.15) is 0 Å². The SMILES string of the molecule is CCCCCCN(C)CBr. The molecular formula is C8H18BrN. The maximum absolute atomic E-state index is 3.41. The lowest BCUT2D eigenvalue weighted by Crippen LogP contribution is -2.16. The molecule has 0 bridgehead atoms. The van der Waals surface area contributed by atoms with E-state index in [1.54, 1.807) is 0 Å². The van der Waals surface area contributed by atoms with Crippen molar-refractivity contribution in [2.24, 2.45) is 0 Å². The molecule has 0 spiro atoms. The van der Waals surface area contributed by atoms with Crippen LogP contribution in [0.4, 0.5) is 0 Å². The van der Waals surface area contributed by atoms with Crippen LogP contribution in [0.25, 0.3) is 0 Å². The van der Waals surface area contributed by atoms with Gasteiger partial charge in [-0.25, -0.2) is 0 Å². The Balaban J connectivity index is 2.89. The third-order valence-electron chi connectivity index (χ3n) is 1.60. The van der Waals surface area contributed by atoms with Gasteiger partial charge >= 0.3 is 0 Å². The highest BCUT2D eigenvalue weighted by atomic mass is 79.9. The Morgan fingerprint density at radius 2 is 1.90 bits per heavy atom. The fraction of sp³-hybridized carbons (Fsp3) is 1.00. The quantitative estimate of drug-likeness (QED) is 0.368. The second kappa shape index (κ2) is 7.55. The molecule has 0 rings (SSSR count). The first-order chi connectivity index (χ1) is 4.81. The van der Waals surface area contributed by atoms with Gasteiger partial charge in [0.15, 0.2) is 0 Å². The minimum atomic E-state index is 0.999. The van der Waals surface area contributed by atoms with E-state index in [-0.39, 0.29) is 0 Å². The Morgan fingerprint density at radius 3 is 2.40 bits per heavy atom. The van der Waals surface area contributed by atoms with Crippen molar-refractivity contribution in [3.8, 4) is 0 Å². The Labute approximate surface area is 72.9 Å². The van der Waals surface area contributed by atoms with E-state index in [1.165, 1.54) is 32.2 Å². The highest BCUT2D eigenvalue weighted by Gasteiger charge is 1.93. The molecule has 0 aliphatic heterocycles. The predicted octanol–water partition coefficient (Wildman–Crippen LogP) is 2.85. The molecule has 0 amide bonds. The summed E-state index contributed by atoms with van der Waals surface area (Å²) in [6, 6.07) is 0. The molecule has 0 saturated heterocycles. The molecule has 0 aliphatic carbocycles. The molecule has 0 heterocycles. The van der Waals surface area contributed by atoms with Crippen molar-refractivity contribution in [2.45, 2.75) is 32.6 Å². The predicted molar refractivity (Wildman–Crippen MR) is 50.6 cm³/mol. The number of unbranched alkanes of at least 4 members (excludes halogenated alkanes) is 3. The minimum Gasteiger partial charge on any atom is -0.297 e. The molecule has 10 heavy (non-hydrogen) atoms. The molecule has 0 aromatic rings. The van der Waals surface area contributed by atoms with Gasteiger partial charge < -0.3 is 0 Å². The van der Waals surface area contributed by atoms with Gasteiger partial charge in [0.2, 0.25) is 0 Å². The van der Waals surface area contributed by atoms with Crippen molar-refractivity contribution in [1.82, 2.24) is 4.90 Å². The maximum Gasteiger partial charge on any atom is 0.0539 e.